The van der Waals surface area contributed by atoms with Gasteiger partial charge >= 0.3 is 0 Å². The highest BCUT2D eigenvalue weighted by Gasteiger charge is 2.35. The fourth-order valence-corrected chi connectivity index (χ4v) is 16.2. The molecule has 0 aliphatic carbocycles. The topological polar surface area (TPSA) is 0 Å². The molecule has 0 saturated carbocycles. The SMILES string of the molecule is CCCCCCCCCCCCCCCCCC[P+](CCCCCCCCCCCCCC)(CCCCCCCCCCCCCC)CCCCCCCCCCCCCCCCCC.[Cl-]. The van der Waals surface area contributed by atoms with Crippen LogP contribution in [0, 0.1) is 0 Å². The van der Waals surface area contributed by atoms with Crippen LogP contribution < -0.4 is 12.4 Å². The van der Waals surface area contributed by atoms with E-state index in [-0.39, 0.29) is 12.4 Å². The minimum atomic E-state index is -0.832. The summed E-state index contributed by atoms with van der Waals surface area (Å²) in [5, 5.41) is 0. The van der Waals surface area contributed by atoms with Crippen LogP contribution >= 0.6 is 7.26 Å². The number of hydrogen-bond acceptors (Lipinski definition) is 0. The zero-order valence-corrected chi connectivity index (χ0v) is 48.9. The predicted molar refractivity (Wildman–Crippen MR) is 308 cm³/mol. The van der Waals surface area contributed by atoms with Gasteiger partial charge in [0, 0.05) is 7.26 Å². The van der Waals surface area contributed by atoms with Crippen LogP contribution in [-0.4, -0.2) is 24.6 Å². The molecule has 0 spiro atoms. The van der Waals surface area contributed by atoms with Gasteiger partial charge in [-0.1, -0.05) is 336 Å². The molecular weight excluding hydrogens is 835 g/mol. The van der Waals surface area contributed by atoms with Crippen LogP contribution in [0.4, 0.5) is 0 Å². The van der Waals surface area contributed by atoms with Gasteiger partial charge in [-0.2, -0.15) is 0 Å². The van der Waals surface area contributed by atoms with Crippen molar-refractivity contribution < 1.29 is 12.4 Å². The molecule has 0 aromatic heterocycles. The van der Waals surface area contributed by atoms with Crippen molar-refractivity contribution in [2.75, 3.05) is 24.6 Å². The van der Waals surface area contributed by atoms with Crippen LogP contribution in [0.1, 0.15) is 387 Å². The lowest BCUT2D eigenvalue weighted by Gasteiger charge is -2.28. The molecule has 0 atom stereocenters. The van der Waals surface area contributed by atoms with Crippen LogP contribution in [0.15, 0.2) is 0 Å². The minimum Gasteiger partial charge on any atom is -1.00 e. The van der Waals surface area contributed by atoms with Gasteiger partial charge in [0.25, 0.3) is 0 Å². The van der Waals surface area contributed by atoms with E-state index in [4.69, 9.17) is 0 Å². The fraction of sp³-hybridized carbons (Fsp3) is 1.00. The number of halogens is 1. The first kappa shape index (κ1) is 68.8. The molecule has 0 aliphatic heterocycles. The molecule has 0 amide bonds. The molecule has 0 fully saturated rings. The maximum absolute atomic E-state index is 2.34. The van der Waals surface area contributed by atoms with Crippen LogP contribution in [0.5, 0.6) is 0 Å². The van der Waals surface area contributed by atoms with E-state index in [9.17, 15) is 0 Å². The first-order valence-corrected chi connectivity index (χ1v) is 34.6. The Balaban J connectivity index is 0. The van der Waals surface area contributed by atoms with E-state index in [0.717, 1.165) is 0 Å². The molecule has 0 N–H and O–H groups in total. The summed E-state index contributed by atoms with van der Waals surface area (Å²) in [6, 6.07) is 0. The summed E-state index contributed by atoms with van der Waals surface area (Å²) in [5.74, 6) is 0. The summed E-state index contributed by atoms with van der Waals surface area (Å²) < 4.78 is 0. The third-order valence-corrected chi connectivity index (χ3v) is 21.0. The van der Waals surface area contributed by atoms with E-state index >= 15 is 0 Å². The van der Waals surface area contributed by atoms with Crippen LogP contribution in [0.2, 0.25) is 0 Å². The van der Waals surface area contributed by atoms with Crippen LogP contribution in [0.25, 0.3) is 0 Å². The number of unbranched alkanes of at least 4 members (excludes halogenated alkanes) is 52. The van der Waals surface area contributed by atoms with Gasteiger partial charge < -0.3 is 12.4 Å². The zero-order valence-electron chi connectivity index (χ0n) is 47.3. The number of rotatable bonds is 60. The molecule has 66 heavy (non-hydrogen) atoms. The average molecular weight is 968 g/mol. The molecule has 0 bridgehead atoms. The molecule has 0 rings (SSSR count). The Bertz CT molecular complexity index is 745. The van der Waals surface area contributed by atoms with Gasteiger partial charge in [-0.05, 0) is 51.4 Å². The Kier molecular flexibility index (Phi) is 64.5. The summed E-state index contributed by atoms with van der Waals surface area (Å²) in [4.78, 5) is 0. The smallest absolute Gasteiger partial charge is 0.0594 e. The van der Waals surface area contributed by atoms with E-state index in [2.05, 4.69) is 27.7 Å². The Morgan fingerprint density at radius 1 is 0.136 bits per heavy atom. The Labute approximate surface area is 429 Å². The van der Waals surface area contributed by atoms with Crippen molar-refractivity contribution in [1.82, 2.24) is 0 Å². The van der Waals surface area contributed by atoms with Crippen molar-refractivity contribution in [3.8, 4) is 0 Å². The first-order chi connectivity index (χ1) is 32.2. The average Bonchev–Trinajstić information content (AvgIpc) is 3.32. The van der Waals surface area contributed by atoms with E-state index in [0.29, 0.717) is 0 Å². The second kappa shape index (κ2) is 61.8. The predicted octanol–water partition coefficient (Wildman–Crippen LogP) is 21.9. The summed E-state index contributed by atoms with van der Waals surface area (Å²) in [6.45, 7) is 9.35. The van der Waals surface area contributed by atoms with Crippen molar-refractivity contribution in [3.05, 3.63) is 0 Å². The van der Waals surface area contributed by atoms with E-state index in [1.807, 2.05) is 0 Å². The number of hydrogen-bond donors (Lipinski definition) is 0. The van der Waals surface area contributed by atoms with E-state index < -0.39 is 7.26 Å². The van der Waals surface area contributed by atoms with Crippen LogP contribution in [-0.2, 0) is 0 Å². The lowest BCUT2D eigenvalue weighted by Crippen LogP contribution is -3.00. The Morgan fingerprint density at radius 2 is 0.227 bits per heavy atom. The minimum absolute atomic E-state index is 0. The fourth-order valence-electron chi connectivity index (χ4n) is 11.2. The molecule has 0 radical (unpaired) electrons. The Morgan fingerprint density at radius 3 is 0.333 bits per heavy atom. The molecule has 0 saturated heterocycles. The van der Waals surface area contributed by atoms with Crippen molar-refractivity contribution in [3.63, 3.8) is 0 Å². The first-order valence-electron chi connectivity index (χ1n) is 32.1. The van der Waals surface area contributed by atoms with Gasteiger partial charge in [0.1, 0.15) is 0 Å². The molecule has 0 aromatic carbocycles. The van der Waals surface area contributed by atoms with Crippen molar-refractivity contribution in [2.45, 2.75) is 387 Å². The third kappa shape index (κ3) is 55.6. The molecule has 0 aromatic rings. The zero-order chi connectivity index (χ0) is 46.9. The quantitative estimate of drug-likeness (QED) is 0.0421. The second-order valence-corrected chi connectivity index (χ2v) is 27.1. The normalized spacial score (nSPS) is 11.8. The molecule has 0 unspecified atom stereocenters. The summed E-state index contributed by atoms with van der Waals surface area (Å²) >= 11 is 0. The molecule has 0 aliphatic rings. The maximum atomic E-state index is 2.34. The van der Waals surface area contributed by atoms with E-state index in [1.54, 1.807) is 50.3 Å². The standard InChI is InChI=1S/C64H132P.ClH/c1-5-9-13-17-21-25-29-33-35-37-39-43-47-51-55-59-63-65(61-57-53-49-45-41-31-27-23-19-15-11-7-3,62-58-54-50-46-42-32-28-24-20-16-12-8-4)64-60-56-52-48-44-40-38-36-34-30-26-22-18-14-10-6-2;/h5-64H2,1-4H3;1H/q+1;/p-1. The van der Waals surface area contributed by atoms with Gasteiger partial charge in [-0.3, -0.25) is 0 Å². The van der Waals surface area contributed by atoms with Crippen molar-refractivity contribution in [1.29, 1.82) is 0 Å². The highest BCUT2D eigenvalue weighted by Crippen LogP contribution is 2.61. The highest BCUT2D eigenvalue weighted by molar-refractivity contribution is 7.75. The Hall–Kier alpha value is 0.720. The molecule has 0 nitrogen and oxygen atoms in total. The molecule has 0 heterocycles. The van der Waals surface area contributed by atoms with Crippen molar-refractivity contribution in [2.24, 2.45) is 0 Å². The van der Waals surface area contributed by atoms with Gasteiger partial charge in [0.05, 0.1) is 24.6 Å². The van der Waals surface area contributed by atoms with Crippen LogP contribution in [0.3, 0.4) is 0 Å². The molecular formula is C64H132ClP. The lowest BCUT2D eigenvalue weighted by molar-refractivity contribution is -0.0000145. The van der Waals surface area contributed by atoms with Gasteiger partial charge in [-0.15, -0.1) is 0 Å². The largest absolute Gasteiger partial charge is 1.00 e. The van der Waals surface area contributed by atoms with Crippen molar-refractivity contribution >= 4 is 7.26 Å². The molecule has 400 valence electrons. The van der Waals surface area contributed by atoms with Gasteiger partial charge in [0.2, 0.25) is 0 Å². The monoisotopic (exact) mass is 967 g/mol. The summed E-state index contributed by atoms with van der Waals surface area (Å²) in [5.41, 5.74) is 0. The highest BCUT2D eigenvalue weighted by atomic mass is 35.5. The van der Waals surface area contributed by atoms with E-state index in [1.165, 1.54) is 334 Å². The lowest BCUT2D eigenvalue weighted by atomic mass is 10.0. The van der Waals surface area contributed by atoms with Gasteiger partial charge in [0.15, 0.2) is 0 Å². The maximum Gasteiger partial charge on any atom is 0.0594 e. The van der Waals surface area contributed by atoms with Gasteiger partial charge in [-0.25, -0.2) is 0 Å². The molecule has 2 heteroatoms. The summed E-state index contributed by atoms with van der Waals surface area (Å²) in [7, 11) is -0.832. The summed E-state index contributed by atoms with van der Waals surface area (Å²) in [6.07, 6.45) is 90.3. The third-order valence-electron chi connectivity index (χ3n) is 15.9. The second-order valence-electron chi connectivity index (χ2n) is 22.6.